The van der Waals surface area contributed by atoms with Crippen LogP contribution in [0.1, 0.15) is 25.3 Å². The van der Waals surface area contributed by atoms with Gasteiger partial charge in [-0.25, -0.2) is 0 Å². The fraction of sp³-hybridized carbons (Fsp3) is 0.429. The standard InChI is InChI=1S/C14H16N2O2/c1-9-8-10-4-2-3-5-12(10)16(9)14(18)11-6-7-13(17)15-11/h2-5,9,11H,6-8H2,1H3,(H,15,17). The molecule has 4 heteroatoms. The van der Waals surface area contributed by atoms with Crippen LogP contribution in [0.25, 0.3) is 0 Å². The highest BCUT2D eigenvalue weighted by Crippen LogP contribution is 2.32. The summed E-state index contributed by atoms with van der Waals surface area (Å²) in [6.07, 6.45) is 1.96. The fourth-order valence-electron chi connectivity index (χ4n) is 2.87. The molecule has 2 aliphatic rings. The predicted molar refractivity (Wildman–Crippen MR) is 68.3 cm³/mol. The van der Waals surface area contributed by atoms with Gasteiger partial charge in [0, 0.05) is 18.2 Å². The zero-order chi connectivity index (χ0) is 12.7. The first-order valence-electron chi connectivity index (χ1n) is 6.37. The van der Waals surface area contributed by atoms with Crippen molar-refractivity contribution in [3.63, 3.8) is 0 Å². The van der Waals surface area contributed by atoms with Crippen LogP contribution in [0.5, 0.6) is 0 Å². The third kappa shape index (κ3) is 1.68. The number of nitrogens with one attached hydrogen (secondary N) is 1. The molecule has 2 amide bonds. The molecule has 4 nitrogen and oxygen atoms in total. The molecule has 2 aliphatic heterocycles. The Bertz CT molecular complexity index is 512. The van der Waals surface area contributed by atoms with E-state index in [1.165, 1.54) is 5.56 Å². The molecule has 94 valence electrons. The van der Waals surface area contributed by atoms with E-state index in [2.05, 4.69) is 18.3 Å². The number of carbonyl (C=O) groups is 2. The van der Waals surface area contributed by atoms with Crippen molar-refractivity contribution in [2.75, 3.05) is 4.90 Å². The van der Waals surface area contributed by atoms with Crippen molar-refractivity contribution in [1.82, 2.24) is 5.32 Å². The quantitative estimate of drug-likeness (QED) is 0.808. The lowest BCUT2D eigenvalue weighted by molar-refractivity contribution is -0.124. The monoisotopic (exact) mass is 244 g/mol. The second-order valence-corrected chi connectivity index (χ2v) is 5.05. The van der Waals surface area contributed by atoms with Crippen LogP contribution in [0.15, 0.2) is 24.3 Å². The lowest BCUT2D eigenvalue weighted by Gasteiger charge is -2.25. The highest BCUT2D eigenvalue weighted by Gasteiger charge is 2.37. The number of para-hydroxylation sites is 1. The molecular formula is C14H16N2O2. The fourth-order valence-corrected chi connectivity index (χ4v) is 2.87. The number of amides is 2. The van der Waals surface area contributed by atoms with Crippen molar-refractivity contribution >= 4 is 17.5 Å². The van der Waals surface area contributed by atoms with Gasteiger partial charge >= 0.3 is 0 Å². The molecule has 1 fully saturated rings. The molecular weight excluding hydrogens is 228 g/mol. The Morgan fingerprint density at radius 3 is 2.89 bits per heavy atom. The zero-order valence-electron chi connectivity index (χ0n) is 10.3. The van der Waals surface area contributed by atoms with Crippen LogP contribution < -0.4 is 10.2 Å². The number of hydrogen-bond acceptors (Lipinski definition) is 2. The topological polar surface area (TPSA) is 49.4 Å². The molecule has 1 saturated heterocycles. The number of hydrogen-bond donors (Lipinski definition) is 1. The van der Waals surface area contributed by atoms with Gasteiger partial charge in [-0.15, -0.1) is 0 Å². The average Bonchev–Trinajstić information content (AvgIpc) is 2.91. The number of rotatable bonds is 1. The maximum atomic E-state index is 12.5. The van der Waals surface area contributed by atoms with Gasteiger partial charge in [0.1, 0.15) is 6.04 Å². The number of benzene rings is 1. The molecule has 2 atom stereocenters. The van der Waals surface area contributed by atoms with Crippen LogP contribution in [0.3, 0.4) is 0 Å². The van der Waals surface area contributed by atoms with Gasteiger partial charge in [-0.1, -0.05) is 18.2 Å². The summed E-state index contributed by atoms with van der Waals surface area (Å²) in [7, 11) is 0. The Balaban J connectivity index is 1.88. The molecule has 1 aromatic carbocycles. The average molecular weight is 244 g/mol. The molecule has 0 spiro atoms. The van der Waals surface area contributed by atoms with Crippen LogP contribution in [0, 0.1) is 0 Å². The Kier molecular flexibility index (Phi) is 2.58. The van der Waals surface area contributed by atoms with Crippen molar-refractivity contribution in [2.45, 2.75) is 38.3 Å². The van der Waals surface area contributed by atoms with Gasteiger partial charge in [-0.05, 0) is 31.4 Å². The van der Waals surface area contributed by atoms with Crippen molar-refractivity contribution in [3.05, 3.63) is 29.8 Å². The van der Waals surface area contributed by atoms with Crippen molar-refractivity contribution in [2.24, 2.45) is 0 Å². The lowest BCUT2D eigenvalue weighted by Crippen LogP contribution is -2.46. The first-order chi connectivity index (χ1) is 8.66. The summed E-state index contributed by atoms with van der Waals surface area (Å²) < 4.78 is 0. The smallest absolute Gasteiger partial charge is 0.249 e. The molecule has 1 N–H and O–H groups in total. The SMILES string of the molecule is CC1Cc2ccccc2N1C(=O)C1CCC(=O)N1. The summed E-state index contributed by atoms with van der Waals surface area (Å²) in [5.41, 5.74) is 2.21. The predicted octanol–water partition coefficient (Wildman–Crippen LogP) is 1.24. The molecule has 1 aromatic rings. The molecule has 18 heavy (non-hydrogen) atoms. The van der Waals surface area contributed by atoms with Crippen LogP contribution >= 0.6 is 0 Å². The van der Waals surface area contributed by atoms with Gasteiger partial charge in [0.15, 0.2) is 0 Å². The zero-order valence-corrected chi connectivity index (χ0v) is 10.3. The summed E-state index contributed by atoms with van der Waals surface area (Å²) in [4.78, 5) is 25.5. The molecule has 2 heterocycles. The largest absolute Gasteiger partial charge is 0.344 e. The Morgan fingerprint density at radius 1 is 1.39 bits per heavy atom. The number of nitrogens with zero attached hydrogens (tertiary/aromatic N) is 1. The van der Waals surface area contributed by atoms with E-state index in [0.29, 0.717) is 12.8 Å². The van der Waals surface area contributed by atoms with E-state index in [-0.39, 0.29) is 23.9 Å². The number of anilines is 1. The summed E-state index contributed by atoms with van der Waals surface area (Å²) in [5.74, 6) is 0.00628. The lowest BCUT2D eigenvalue weighted by atomic mass is 10.1. The third-order valence-corrected chi connectivity index (χ3v) is 3.74. The Hall–Kier alpha value is -1.84. The van der Waals surface area contributed by atoms with Crippen LogP contribution in [-0.4, -0.2) is 23.9 Å². The Morgan fingerprint density at radius 2 is 2.17 bits per heavy atom. The molecule has 0 saturated carbocycles. The van der Waals surface area contributed by atoms with E-state index in [1.807, 2.05) is 23.1 Å². The van der Waals surface area contributed by atoms with Gasteiger partial charge in [0.2, 0.25) is 11.8 Å². The van der Waals surface area contributed by atoms with Gasteiger partial charge in [-0.2, -0.15) is 0 Å². The number of fused-ring (bicyclic) bond motifs is 1. The minimum absolute atomic E-state index is 0.0199. The highest BCUT2D eigenvalue weighted by atomic mass is 16.2. The van der Waals surface area contributed by atoms with Crippen LogP contribution in [0.4, 0.5) is 5.69 Å². The van der Waals surface area contributed by atoms with Crippen molar-refractivity contribution in [1.29, 1.82) is 0 Å². The summed E-state index contributed by atoms with van der Waals surface area (Å²) in [5, 5.41) is 2.75. The van der Waals surface area contributed by atoms with Gasteiger partial charge in [0.25, 0.3) is 0 Å². The first-order valence-corrected chi connectivity index (χ1v) is 6.37. The van der Waals surface area contributed by atoms with Gasteiger partial charge in [0.05, 0.1) is 0 Å². The van der Waals surface area contributed by atoms with Gasteiger partial charge in [-0.3, -0.25) is 9.59 Å². The second-order valence-electron chi connectivity index (χ2n) is 5.05. The summed E-state index contributed by atoms with van der Waals surface area (Å²) in [6.45, 7) is 2.05. The van der Waals surface area contributed by atoms with E-state index in [0.717, 1.165) is 12.1 Å². The molecule has 3 rings (SSSR count). The van der Waals surface area contributed by atoms with E-state index in [1.54, 1.807) is 0 Å². The third-order valence-electron chi connectivity index (χ3n) is 3.74. The van der Waals surface area contributed by atoms with E-state index < -0.39 is 0 Å². The van der Waals surface area contributed by atoms with Crippen LogP contribution in [-0.2, 0) is 16.0 Å². The number of carbonyl (C=O) groups excluding carboxylic acids is 2. The highest BCUT2D eigenvalue weighted by molar-refractivity contribution is 6.02. The molecule has 0 aliphatic carbocycles. The first kappa shape index (κ1) is 11.3. The minimum atomic E-state index is -0.342. The summed E-state index contributed by atoms with van der Waals surface area (Å²) in [6, 6.07) is 7.82. The molecule has 0 radical (unpaired) electrons. The molecule has 0 bridgehead atoms. The van der Waals surface area contributed by atoms with E-state index >= 15 is 0 Å². The van der Waals surface area contributed by atoms with Crippen molar-refractivity contribution in [3.8, 4) is 0 Å². The normalized spacial score (nSPS) is 26.1. The van der Waals surface area contributed by atoms with E-state index in [4.69, 9.17) is 0 Å². The molecule has 0 aromatic heterocycles. The minimum Gasteiger partial charge on any atom is -0.344 e. The second kappa shape index (κ2) is 4.12. The Labute approximate surface area is 106 Å². The maximum Gasteiger partial charge on any atom is 0.249 e. The van der Waals surface area contributed by atoms with Crippen LogP contribution in [0.2, 0.25) is 0 Å². The van der Waals surface area contributed by atoms with E-state index in [9.17, 15) is 9.59 Å². The molecule has 2 unspecified atom stereocenters. The van der Waals surface area contributed by atoms with Gasteiger partial charge < -0.3 is 10.2 Å². The summed E-state index contributed by atoms with van der Waals surface area (Å²) >= 11 is 0. The maximum absolute atomic E-state index is 12.5. The van der Waals surface area contributed by atoms with Crippen molar-refractivity contribution < 1.29 is 9.59 Å².